The molecule has 1 aromatic carbocycles. The molecule has 0 saturated carbocycles. The Morgan fingerprint density at radius 1 is 1.27 bits per heavy atom. The Labute approximate surface area is 91.1 Å². The Bertz CT molecular complexity index is 262. The molecule has 84 valence electrons. The van der Waals surface area contributed by atoms with E-state index in [1.807, 2.05) is 37.3 Å². The number of ether oxygens (including phenoxy) is 1. The molecule has 0 saturated heterocycles. The van der Waals surface area contributed by atoms with Gasteiger partial charge in [-0.25, -0.2) is 0 Å². The summed E-state index contributed by atoms with van der Waals surface area (Å²) in [6.45, 7) is 4.84. The van der Waals surface area contributed by atoms with E-state index in [0.717, 1.165) is 12.2 Å². The minimum absolute atomic E-state index is 0.0970. The third-order valence-corrected chi connectivity index (χ3v) is 1.99. The Kier molecular flexibility index (Phi) is 5.15. The first-order chi connectivity index (χ1) is 7.18. The van der Waals surface area contributed by atoms with E-state index in [0.29, 0.717) is 6.61 Å². The van der Waals surface area contributed by atoms with Gasteiger partial charge in [-0.1, -0.05) is 18.2 Å². The van der Waals surface area contributed by atoms with E-state index < -0.39 is 6.10 Å². The van der Waals surface area contributed by atoms with Crippen LogP contribution in [0.15, 0.2) is 30.3 Å². The van der Waals surface area contributed by atoms with Gasteiger partial charge in [0, 0.05) is 12.2 Å². The molecule has 3 heteroatoms. The van der Waals surface area contributed by atoms with E-state index in [1.165, 1.54) is 0 Å². The van der Waals surface area contributed by atoms with Crippen LogP contribution in [0.2, 0.25) is 0 Å². The number of benzene rings is 1. The van der Waals surface area contributed by atoms with Crippen molar-refractivity contribution in [3.63, 3.8) is 0 Å². The van der Waals surface area contributed by atoms with Crippen LogP contribution in [-0.2, 0) is 4.74 Å². The van der Waals surface area contributed by atoms with Gasteiger partial charge in [-0.3, -0.25) is 0 Å². The van der Waals surface area contributed by atoms with E-state index >= 15 is 0 Å². The molecule has 2 unspecified atom stereocenters. The molecule has 2 N–H and O–H groups in total. The monoisotopic (exact) mass is 209 g/mol. The number of anilines is 1. The van der Waals surface area contributed by atoms with Gasteiger partial charge >= 0.3 is 0 Å². The van der Waals surface area contributed by atoms with Crippen molar-refractivity contribution in [2.45, 2.75) is 26.1 Å². The smallest absolute Gasteiger partial charge is 0.0745 e. The van der Waals surface area contributed by atoms with Crippen LogP contribution in [0.1, 0.15) is 13.8 Å². The third-order valence-electron chi connectivity index (χ3n) is 1.99. The maximum absolute atomic E-state index is 9.04. The summed E-state index contributed by atoms with van der Waals surface area (Å²) in [6.07, 6.45) is -0.302. The standard InChI is InChI=1S/C12H19NO2/c1-10(14)9-15-11(2)8-13-12-6-4-3-5-7-12/h3-7,10-11,13-14H,8-9H2,1-2H3. The number of nitrogens with one attached hydrogen (secondary N) is 1. The van der Waals surface area contributed by atoms with Crippen LogP contribution in [0.5, 0.6) is 0 Å². The molecule has 0 bridgehead atoms. The topological polar surface area (TPSA) is 41.5 Å². The quantitative estimate of drug-likeness (QED) is 0.751. The maximum atomic E-state index is 9.04. The second kappa shape index (κ2) is 6.43. The van der Waals surface area contributed by atoms with Crippen molar-refractivity contribution in [2.75, 3.05) is 18.5 Å². The fraction of sp³-hybridized carbons (Fsp3) is 0.500. The van der Waals surface area contributed by atoms with Crippen LogP contribution >= 0.6 is 0 Å². The van der Waals surface area contributed by atoms with E-state index in [1.54, 1.807) is 6.92 Å². The minimum atomic E-state index is -0.399. The zero-order valence-electron chi connectivity index (χ0n) is 9.31. The maximum Gasteiger partial charge on any atom is 0.0745 e. The molecule has 0 radical (unpaired) electrons. The number of hydrogen-bond donors (Lipinski definition) is 2. The summed E-state index contributed by atoms with van der Waals surface area (Å²) in [5, 5.41) is 12.3. The van der Waals surface area contributed by atoms with Crippen LogP contribution in [0.3, 0.4) is 0 Å². The van der Waals surface area contributed by atoms with Crippen molar-refractivity contribution in [3.05, 3.63) is 30.3 Å². The zero-order valence-corrected chi connectivity index (χ0v) is 9.31. The van der Waals surface area contributed by atoms with Crippen LogP contribution < -0.4 is 5.32 Å². The highest BCUT2D eigenvalue weighted by Crippen LogP contribution is 2.05. The van der Waals surface area contributed by atoms with E-state index in [4.69, 9.17) is 9.84 Å². The number of hydrogen-bond acceptors (Lipinski definition) is 3. The summed E-state index contributed by atoms with van der Waals surface area (Å²) in [6, 6.07) is 9.99. The van der Waals surface area contributed by atoms with Gasteiger partial charge in [-0.05, 0) is 26.0 Å². The molecule has 1 aromatic rings. The van der Waals surface area contributed by atoms with Crippen molar-refractivity contribution in [2.24, 2.45) is 0 Å². The Hall–Kier alpha value is -1.06. The Balaban J connectivity index is 2.19. The molecule has 2 atom stereocenters. The molecule has 0 aliphatic heterocycles. The van der Waals surface area contributed by atoms with Crippen molar-refractivity contribution >= 4 is 5.69 Å². The third kappa shape index (κ3) is 5.40. The fourth-order valence-electron chi connectivity index (χ4n) is 1.18. The number of para-hydroxylation sites is 1. The Morgan fingerprint density at radius 3 is 2.53 bits per heavy atom. The predicted molar refractivity (Wildman–Crippen MR) is 62.0 cm³/mol. The van der Waals surface area contributed by atoms with Crippen molar-refractivity contribution < 1.29 is 9.84 Å². The SMILES string of the molecule is CC(O)COC(C)CNc1ccccc1. The van der Waals surface area contributed by atoms with Gasteiger partial charge in [0.05, 0.1) is 18.8 Å². The lowest BCUT2D eigenvalue weighted by Crippen LogP contribution is -2.23. The van der Waals surface area contributed by atoms with Gasteiger partial charge in [0.2, 0.25) is 0 Å². The minimum Gasteiger partial charge on any atom is -0.391 e. The first-order valence-electron chi connectivity index (χ1n) is 5.27. The van der Waals surface area contributed by atoms with Gasteiger partial charge in [0.15, 0.2) is 0 Å². The van der Waals surface area contributed by atoms with E-state index in [2.05, 4.69) is 5.32 Å². The number of rotatable bonds is 6. The molecular weight excluding hydrogens is 190 g/mol. The summed E-state index contributed by atoms with van der Waals surface area (Å²) >= 11 is 0. The summed E-state index contributed by atoms with van der Waals surface area (Å²) < 4.78 is 5.41. The second-order valence-electron chi connectivity index (χ2n) is 3.74. The molecule has 0 fully saturated rings. The van der Waals surface area contributed by atoms with Crippen molar-refractivity contribution in [1.29, 1.82) is 0 Å². The van der Waals surface area contributed by atoms with E-state index in [-0.39, 0.29) is 6.10 Å². The highest BCUT2D eigenvalue weighted by Gasteiger charge is 2.03. The lowest BCUT2D eigenvalue weighted by Gasteiger charge is -2.15. The van der Waals surface area contributed by atoms with Crippen molar-refractivity contribution in [3.8, 4) is 0 Å². The summed E-state index contributed by atoms with van der Waals surface area (Å²) in [5.41, 5.74) is 1.09. The molecule has 3 nitrogen and oxygen atoms in total. The average Bonchev–Trinajstić information content (AvgIpc) is 2.25. The van der Waals surface area contributed by atoms with E-state index in [9.17, 15) is 0 Å². The van der Waals surface area contributed by atoms with Crippen LogP contribution in [0.25, 0.3) is 0 Å². The molecule has 0 spiro atoms. The lowest BCUT2D eigenvalue weighted by molar-refractivity contribution is 0.0111. The van der Waals surface area contributed by atoms with Crippen LogP contribution in [0.4, 0.5) is 5.69 Å². The molecular formula is C12H19NO2. The molecule has 1 rings (SSSR count). The first kappa shape index (κ1) is 12.0. The fourth-order valence-corrected chi connectivity index (χ4v) is 1.18. The predicted octanol–water partition coefficient (Wildman–Crippen LogP) is 1.88. The number of aliphatic hydroxyl groups excluding tert-OH is 1. The normalized spacial score (nSPS) is 14.6. The first-order valence-corrected chi connectivity index (χ1v) is 5.27. The summed E-state index contributed by atoms with van der Waals surface area (Å²) in [7, 11) is 0. The summed E-state index contributed by atoms with van der Waals surface area (Å²) in [5.74, 6) is 0. The molecule has 15 heavy (non-hydrogen) atoms. The van der Waals surface area contributed by atoms with Crippen LogP contribution in [0, 0.1) is 0 Å². The van der Waals surface area contributed by atoms with Gasteiger partial charge in [-0.15, -0.1) is 0 Å². The molecule has 0 aliphatic carbocycles. The van der Waals surface area contributed by atoms with Crippen molar-refractivity contribution in [1.82, 2.24) is 0 Å². The van der Waals surface area contributed by atoms with Crippen LogP contribution in [-0.4, -0.2) is 30.5 Å². The van der Waals surface area contributed by atoms with Gasteiger partial charge in [0.25, 0.3) is 0 Å². The lowest BCUT2D eigenvalue weighted by atomic mass is 10.3. The molecule has 0 amide bonds. The summed E-state index contributed by atoms with van der Waals surface area (Å²) in [4.78, 5) is 0. The van der Waals surface area contributed by atoms with Gasteiger partial charge in [-0.2, -0.15) is 0 Å². The zero-order chi connectivity index (χ0) is 11.1. The Morgan fingerprint density at radius 2 is 1.93 bits per heavy atom. The average molecular weight is 209 g/mol. The van der Waals surface area contributed by atoms with Gasteiger partial charge in [0.1, 0.15) is 0 Å². The molecule has 0 heterocycles. The number of aliphatic hydroxyl groups is 1. The highest BCUT2D eigenvalue weighted by atomic mass is 16.5. The molecule has 0 aromatic heterocycles. The highest BCUT2D eigenvalue weighted by molar-refractivity contribution is 5.42. The second-order valence-corrected chi connectivity index (χ2v) is 3.74. The largest absolute Gasteiger partial charge is 0.391 e. The molecule has 0 aliphatic rings. The van der Waals surface area contributed by atoms with Gasteiger partial charge < -0.3 is 15.2 Å².